The molecule has 25 heavy (non-hydrogen) atoms. The van der Waals surface area contributed by atoms with E-state index < -0.39 is 0 Å². The maximum atomic E-state index is 12.4. The molecule has 0 atom stereocenters. The molecule has 1 aromatic carbocycles. The summed E-state index contributed by atoms with van der Waals surface area (Å²) in [5, 5.41) is 13.0. The first-order chi connectivity index (χ1) is 12.1. The lowest BCUT2D eigenvalue weighted by atomic mass is 10.2. The molecule has 1 aliphatic rings. The summed E-state index contributed by atoms with van der Waals surface area (Å²) < 4.78 is 3.76. The smallest absolute Gasteiger partial charge is 0.317 e. The van der Waals surface area contributed by atoms with Gasteiger partial charge in [0.05, 0.1) is 24.3 Å². The van der Waals surface area contributed by atoms with Crippen molar-refractivity contribution in [1.29, 1.82) is 0 Å². The first kappa shape index (κ1) is 15.6. The third kappa shape index (κ3) is 2.95. The number of rotatable bonds is 3. The second kappa shape index (κ2) is 6.19. The summed E-state index contributed by atoms with van der Waals surface area (Å²) in [6.07, 6.45) is 0.705. The van der Waals surface area contributed by atoms with Crippen molar-refractivity contribution < 1.29 is 4.79 Å². The minimum absolute atomic E-state index is 0.0628. The van der Waals surface area contributed by atoms with E-state index in [1.165, 1.54) is 0 Å². The Bertz CT molecular complexity index is 926. The number of fused-ring (bicyclic) bond motifs is 2. The monoisotopic (exact) mass is 339 g/mol. The van der Waals surface area contributed by atoms with Crippen LogP contribution in [0.5, 0.6) is 0 Å². The van der Waals surface area contributed by atoms with Crippen molar-refractivity contribution >= 4 is 16.9 Å². The van der Waals surface area contributed by atoms with Crippen LogP contribution in [0.4, 0.5) is 4.79 Å². The molecule has 4 rings (SSSR count). The number of carbonyl (C=O) groups excluding carboxylic acids is 1. The lowest BCUT2D eigenvalue weighted by Gasteiger charge is -2.26. The van der Waals surface area contributed by atoms with Gasteiger partial charge in [-0.05, 0) is 13.0 Å². The fraction of sp³-hybridized carbons (Fsp3) is 0.412. The van der Waals surface area contributed by atoms with Gasteiger partial charge in [0.15, 0.2) is 0 Å². The minimum atomic E-state index is -0.0628. The summed E-state index contributed by atoms with van der Waals surface area (Å²) in [4.78, 5) is 18.5. The molecule has 8 nitrogen and oxygen atoms in total. The number of para-hydroxylation sites is 1. The third-order valence-corrected chi connectivity index (χ3v) is 4.53. The fourth-order valence-electron chi connectivity index (χ4n) is 3.31. The van der Waals surface area contributed by atoms with E-state index in [1.54, 1.807) is 4.90 Å². The number of nitrogens with zero attached hydrogens (tertiary/aromatic N) is 6. The predicted octanol–water partition coefficient (Wildman–Crippen LogP) is 1.24. The van der Waals surface area contributed by atoms with Crippen LogP contribution in [-0.2, 0) is 26.6 Å². The highest BCUT2D eigenvalue weighted by Gasteiger charge is 2.22. The lowest BCUT2D eigenvalue weighted by Crippen LogP contribution is -2.45. The Balaban J connectivity index is 1.36. The number of hydrogen-bond donors (Lipinski definition) is 1. The van der Waals surface area contributed by atoms with Crippen LogP contribution in [0.2, 0.25) is 0 Å². The summed E-state index contributed by atoms with van der Waals surface area (Å²) in [6, 6.07) is 8.08. The Morgan fingerprint density at radius 2 is 2.08 bits per heavy atom. The maximum absolute atomic E-state index is 12.4. The van der Waals surface area contributed by atoms with Gasteiger partial charge < -0.3 is 10.2 Å². The molecule has 0 radical (unpaired) electrons. The minimum Gasteiger partial charge on any atom is -0.338 e. The number of aryl methyl sites for hydroxylation is 2. The molecule has 2 amide bonds. The van der Waals surface area contributed by atoms with Crippen molar-refractivity contribution in [3.05, 3.63) is 41.6 Å². The number of benzene rings is 1. The van der Waals surface area contributed by atoms with Gasteiger partial charge in [-0.2, -0.15) is 10.2 Å². The Morgan fingerprint density at radius 3 is 2.96 bits per heavy atom. The average Bonchev–Trinajstić information content (AvgIpc) is 3.14. The maximum Gasteiger partial charge on any atom is 0.317 e. The van der Waals surface area contributed by atoms with E-state index in [-0.39, 0.29) is 6.03 Å². The summed E-state index contributed by atoms with van der Waals surface area (Å²) >= 11 is 0. The lowest BCUT2D eigenvalue weighted by molar-refractivity contribution is 0.180. The third-order valence-electron chi connectivity index (χ3n) is 4.53. The average molecular weight is 339 g/mol. The van der Waals surface area contributed by atoms with E-state index in [4.69, 9.17) is 0 Å². The van der Waals surface area contributed by atoms with Crippen LogP contribution in [-0.4, -0.2) is 48.6 Å². The number of urea groups is 1. The summed E-state index contributed by atoms with van der Waals surface area (Å²) in [7, 11) is 1.94. The number of nitrogens with one attached hydrogen (secondary N) is 1. The zero-order chi connectivity index (χ0) is 17.4. The number of carbonyl (C=O) groups is 1. The van der Waals surface area contributed by atoms with Crippen molar-refractivity contribution in [2.45, 2.75) is 26.4 Å². The highest BCUT2D eigenvalue weighted by molar-refractivity contribution is 5.82. The molecule has 0 aliphatic carbocycles. The van der Waals surface area contributed by atoms with Gasteiger partial charge in [-0.1, -0.05) is 18.2 Å². The molecule has 3 aromatic rings. The second-order valence-electron chi connectivity index (χ2n) is 6.29. The standard InChI is InChI=1S/C17H21N7O/c1-12-19-16-11-23(9-10-24(16)20-12)17(25)18-8-7-14-13-5-3-4-6-15(13)22(2)21-14/h3-6H,7-11H2,1-2H3,(H,18,25). The Morgan fingerprint density at radius 1 is 1.24 bits per heavy atom. The molecule has 0 fully saturated rings. The summed E-state index contributed by atoms with van der Waals surface area (Å²) in [5.74, 6) is 1.59. The van der Waals surface area contributed by atoms with E-state index in [1.807, 2.05) is 35.5 Å². The SMILES string of the molecule is Cc1nc2n(n1)CCN(C(=O)NCCc1nn(C)c3ccccc13)C2. The fourth-order valence-corrected chi connectivity index (χ4v) is 3.31. The largest absolute Gasteiger partial charge is 0.338 e. The van der Waals surface area contributed by atoms with Crippen molar-refractivity contribution in [2.24, 2.45) is 7.05 Å². The number of amides is 2. The molecular weight excluding hydrogens is 318 g/mol. The normalized spacial score (nSPS) is 13.9. The number of aromatic nitrogens is 5. The zero-order valence-electron chi connectivity index (χ0n) is 14.4. The van der Waals surface area contributed by atoms with Crippen LogP contribution in [0.1, 0.15) is 17.3 Å². The first-order valence-electron chi connectivity index (χ1n) is 8.45. The highest BCUT2D eigenvalue weighted by Crippen LogP contribution is 2.17. The van der Waals surface area contributed by atoms with Gasteiger partial charge in [-0.3, -0.25) is 4.68 Å². The van der Waals surface area contributed by atoms with Crippen molar-refractivity contribution in [1.82, 2.24) is 34.8 Å². The molecule has 1 N–H and O–H groups in total. The van der Waals surface area contributed by atoms with E-state index in [2.05, 4.69) is 32.6 Å². The molecule has 3 heterocycles. The summed E-state index contributed by atoms with van der Waals surface area (Å²) in [6.45, 7) is 4.26. The Hall–Kier alpha value is -2.90. The van der Waals surface area contributed by atoms with Crippen molar-refractivity contribution in [3.8, 4) is 0 Å². The molecule has 130 valence electrons. The predicted molar refractivity (Wildman–Crippen MR) is 93.0 cm³/mol. The topological polar surface area (TPSA) is 80.9 Å². The van der Waals surface area contributed by atoms with E-state index >= 15 is 0 Å². The molecule has 0 unspecified atom stereocenters. The van der Waals surface area contributed by atoms with Gasteiger partial charge in [-0.15, -0.1) is 0 Å². The van der Waals surface area contributed by atoms with Gasteiger partial charge in [0.25, 0.3) is 0 Å². The van der Waals surface area contributed by atoms with Crippen LogP contribution < -0.4 is 5.32 Å². The van der Waals surface area contributed by atoms with Crippen LogP contribution in [0.25, 0.3) is 10.9 Å². The Kier molecular flexibility index (Phi) is 3.87. The molecule has 8 heteroatoms. The van der Waals surface area contributed by atoms with Gasteiger partial charge in [0, 0.05) is 31.9 Å². The van der Waals surface area contributed by atoms with Gasteiger partial charge in [-0.25, -0.2) is 14.5 Å². The van der Waals surface area contributed by atoms with E-state index in [0.29, 0.717) is 32.6 Å². The van der Waals surface area contributed by atoms with Gasteiger partial charge in [0.1, 0.15) is 11.6 Å². The quantitative estimate of drug-likeness (QED) is 0.778. The molecule has 0 saturated heterocycles. The first-order valence-corrected chi connectivity index (χ1v) is 8.45. The highest BCUT2D eigenvalue weighted by atomic mass is 16.2. The van der Waals surface area contributed by atoms with E-state index in [0.717, 1.165) is 28.2 Å². The Labute approximate surface area is 145 Å². The summed E-state index contributed by atoms with van der Waals surface area (Å²) in [5.41, 5.74) is 2.11. The molecule has 1 aliphatic heterocycles. The van der Waals surface area contributed by atoms with E-state index in [9.17, 15) is 4.79 Å². The van der Waals surface area contributed by atoms with Crippen molar-refractivity contribution in [2.75, 3.05) is 13.1 Å². The van der Waals surface area contributed by atoms with Gasteiger partial charge in [0.2, 0.25) is 0 Å². The van der Waals surface area contributed by atoms with Crippen LogP contribution >= 0.6 is 0 Å². The number of hydrogen-bond acceptors (Lipinski definition) is 4. The molecule has 2 aromatic heterocycles. The van der Waals surface area contributed by atoms with Crippen LogP contribution in [0, 0.1) is 6.92 Å². The van der Waals surface area contributed by atoms with Crippen LogP contribution in [0.15, 0.2) is 24.3 Å². The van der Waals surface area contributed by atoms with Crippen molar-refractivity contribution in [3.63, 3.8) is 0 Å². The molecule has 0 bridgehead atoms. The van der Waals surface area contributed by atoms with Gasteiger partial charge >= 0.3 is 6.03 Å². The second-order valence-corrected chi connectivity index (χ2v) is 6.29. The van der Waals surface area contributed by atoms with Crippen LogP contribution in [0.3, 0.4) is 0 Å². The molecule has 0 spiro atoms. The molecular formula is C17H21N7O. The molecule has 0 saturated carbocycles. The zero-order valence-corrected chi connectivity index (χ0v) is 14.4.